The third-order valence-electron chi connectivity index (χ3n) is 4.30. The second-order valence-corrected chi connectivity index (χ2v) is 6.48. The van der Waals surface area contributed by atoms with Crippen molar-refractivity contribution < 1.29 is 9.59 Å². The van der Waals surface area contributed by atoms with E-state index in [0.29, 0.717) is 12.3 Å². The lowest BCUT2D eigenvalue weighted by atomic mass is 10.00. The van der Waals surface area contributed by atoms with Gasteiger partial charge in [0.2, 0.25) is 11.8 Å². The highest BCUT2D eigenvalue weighted by atomic mass is 16.2. The molecule has 1 saturated heterocycles. The molecule has 1 fully saturated rings. The Balaban J connectivity index is 1.86. The Bertz CT molecular complexity index is 580. The summed E-state index contributed by atoms with van der Waals surface area (Å²) in [5.74, 6) is 0.321. The Labute approximate surface area is 125 Å². The number of benzene rings is 1. The number of carbonyl (C=O) groups is 2. The van der Waals surface area contributed by atoms with E-state index in [-0.39, 0.29) is 24.4 Å². The first-order valence-electron chi connectivity index (χ1n) is 7.77. The average molecular weight is 286 g/mol. The molecule has 1 aliphatic carbocycles. The summed E-state index contributed by atoms with van der Waals surface area (Å²) < 4.78 is 0. The third-order valence-corrected chi connectivity index (χ3v) is 4.30. The zero-order valence-electron chi connectivity index (χ0n) is 12.7. The number of amides is 2. The summed E-state index contributed by atoms with van der Waals surface area (Å²) in [5.41, 5.74) is 3.57. The molecule has 21 heavy (non-hydrogen) atoms. The van der Waals surface area contributed by atoms with Gasteiger partial charge in [-0.1, -0.05) is 19.9 Å². The van der Waals surface area contributed by atoms with E-state index in [1.165, 1.54) is 17.5 Å². The average Bonchev–Trinajstić information content (AvgIpc) is 2.89. The van der Waals surface area contributed by atoms with Crippen LogP contribution < -0.4 is 10.2 Å². The monoisotopic (exact) mass is 286 g/mol. The molecule has 1 aliphatic heterocycles. The normalized spacial score (nSPS) is 21.7. The van der Waals surface area contributed by atoms with Crippen molar-refractivity contribution in [1.82, 2.24) is 5.32 Å². The molecule has 0 bridgehead atoms. The molecule has 1 unspecified atom stereocenters. The van der Waals surface area contributed by atoms with Crippen LogP contribution in [0.2, 0.25) is 0 Å². The van der Waals surface area contributed by atoms with Crippen molar-refractivity contribution in [1.29, 1.82) is 0 Å². The lowest BCUT2D eigenvalue weighted by Crippen LogP contribution is -2.58. The van der Waals surface area contributed by atoms with E-state index in [2.05, 4.69) is 31.3 Å². The first-order valence-corrected chi connectivity index (χ1v) is 7.77. The van der Waals surface area contributed by atoms with Gasteiger partial charge in [-0.05, 0) is 54.9 Å². The van der Waals surface area contributed by atoms with Gasteiger partial charge in [-0.3, -0.25) is 9.59 Å². The van der Waals surface area contributed by atoms with Crippen LogP contribution in [-0.4, -0.2) is 24.4 Å². The molecule has 2 aliphatic rings. The number of nitrogens with zero attached hydrogens (tertiary/aromatic N) is 1. The van der Waals surface area contributed by atoms with Crippen LogP contribution in [0.15, 0.2) is 18.2 Å². The summed E-state index contributed by atoms with van der Waals surface area (Å²) in [4.78, 5) is 26.2. The topological polar surface area (TPSA) is 49.4 Å². The van der Waals surface area contributed by atoms with E-state index in [9.17, 15) is 9.59 Å². The predicted molar refractivity (Wildman–Crippen MR) is 82.2 cm³/mol. The summed E-state index contributed by atoms with van der Waals surface area (Å²) in [6.07, 6.45) is 4.07. The van der Waals surface area contributed by atoms with Gasteiger partial charge in [0.25, 0.3) is 0 Å². The molecule has 1 atom stereocenters. The number of anilines is 1. The fourth-order valence-electron chi connectivity index (χ4n) is 3.29. The molecule has 1 N–H and O–H groups in total. The van der Waals surface area contributed by atoms with Gasteiger partial charge < -0.3 is 10.2 Å². The zero-order chi connectivity index (χ0) is 15.0. The second kappa shape index (κ2) is 5.51. The van der Waals surface area contributed by atoms with Gasteiger partial charge in [0.05, 0.1) is 0 Å². The van der Waals surface area contributed by atoms with Gasteiger partial charge in [-0.25, -0.2) is 0 Å². The van der Waals surface area contributed by atoms with E-state index in [1.54, 1.807) is 4.90 Å². The van der Waals surface area contributed by atoms with Crippen molar-refractivity contribution >= 4 is 17.5 Å². The highest BCUT2D eigenvalue weighted by molar-refractivity contribution is 6.06. The van der Waals surface area contributed by atoms with Gasteiger partial charge in [0.1, 0.15) is 12.6 Å². The van der Waals surface area contributed by atoms with Gasteiger partial charge in [-0.2, -0.15) is 0 Å². The fraction of sp³-hybridized carbons (Fsp3) is 0.529. The molecule has 0 radical (unpaired) electrons. The quantitative estimate of drug-likeness (QED) is 0.924. The van der Waals surface area contributed by atoms with E-state index in [4.69, 9.17) is 0 Å². The summed E-state index contributed by atoms with van der Waals surface area (Å²) in [5, 5.41) is 2.82. The smallest absolute Gasteiger partial charge is 0.250 e. The van der Waals surface area contributed by atoms with Gasteiger partial charge in [-0.15, -0.1) is 0 Å². The van der Waals surface area contributed by atoms with Crippen molar-refractivity contribution in [3.63, 3.8) is 0 Å². The van der Waals surface area contributed by atoms with Crippen molar-refractivity contribution in [2.75, 3.05) is 11.4 Å². The van der Waals surface area contributed by atoms with E-state index < -0.39 is 0 Å². The summed E-state index contributed by atoms with van der Waals surface area (Å²) >= 11 is 0. The molecule has 4 heteroatoms. The fourth-order valence-corrected chi connectivity index (χ4v) is 3.29. The molecule has 3 rings (SSSR count). The third kappa shape index (κ3) is 2.80. The Morgan fingerprint density at radius 2 is 2.00 bits per heavy atom. The molecular formula is C17H22N2O2. The number of hydrogen-bond donors (Lipinski definition) is 1. The van der Waals surface area contributed by atoms with E-state index >= 15 is 0 Å². The molecule has 1 aromatic carbocycles. The van der Waals surface area contributed by atoms with Crippen LogP contribution in [0.25, 0.3) is 0 Å². The number of carbonyl (C=O) groups excluding carboxylic acids is 2. The first-order chi connectivity index (χ1) is 10.0. The molecule has 2 amide bonds. The largest absolute Gasteiger partial charge is 0.343 e. The van der Waals surface area contributed by atoms with Crippen LogP contribution in [0, 0.1) is 5.92 Å². The zero-order valence-corrected chi connectivity index (χ0v) is 12.7. The SMILES string of the molecule is CC(C)CC1NC(=O)CN(c2ccc3c(c2)CCC3)C1=O. The minimum Gasteiger partial charge on any atom is -0.343 e. The molecule has 0 saturated carbocycles. The van der Waals surface area contributed by atoms with E-state index in [0.717, 1.165) is 18.5 Å². The summed E-state index contributed by atoms with van der Waals surface area (Å²) in [6.45, 7) is 4.26. The molecular weight excluding hydrogens is 264 g/mol. The van der Waals surface area contributed by atoms with Gasteiger partial charge in [0, 0.05) is 5.69 Å². The van der Waals surface area contributed by atoms with Gasteiger partial charge >= 0.3 is 0 Å². The first kappa shape index (κ1) is 14.1. The number of aryl methyl sites for hydroxylation is 2. The maximum absolute atomic E-state index is 12.6. The molecule has 1 aromatic rings. The van der Waals surface area contributed by atoms with Crippen molar-refractivity contribution in [3.8, 4) is 0 Å². The standard InChI is InChI=1S/C17H22N2O2/c1-11(2)8-15-17(21)19(10-16(20)18-15)14-7-6-12-4-3-5-13(12)9-14/h6-7,9,11,15H,3-5,8,10H2,1-2H3,(H,18,20). The Kier molecular flexibility index (Phi) is 3.70. The minimum atomic E-state index is -0.389. The van der Waals surface area contributed by atoms with Crippen molar-refractivity contribution in [2.45, 2.75) is 45.6 Å². The summed E-state index contributed by atoms with van der Waals surface area (Å²) in [6, 6.07) is 5.78. The molecule has 0 spiro atoms. The van der Waals surface area contributed by atoms with Crippen molar-refractivity contribution in [2.24, 2.45) is 5.92 Å². The van der Waals surface area contributed by atoms with Crippen LogP contribution in [0.1, 0.15) is 37.8 Å². The van der Waals surface area contributed by atoms with Crippen LogP contribution in [0.4, 0.5) is 5.69 Å². The van der Waals surface area contributed by atoms with Crippen molar-refractivity contribution in [3.05, 3.63) is 29.3 Å². The molecule has 4 nitrogen and oxygen atoms in total. The second-order valence-electron chi connectivity index (χ2n) is 6.48. The number of nitrogens with one attached hydrogen (secondary N) is 1. The Hall–Kier alpha value is -1.84. The molecule has 1 heterocycles. The lowest BCUT2D eigenvalue weighted by molar-refractivity contribution is -0.131. The molecule has 112 valence electrons. The van der Waals surface area contributed by atoms with E-state index in [1.807, 2.05) is 6.07 Å². The minimum absolute atomic E-state index is 0.0150. The Morgan fingerprint density at radius 3 is 2.76 bits per heavy atom. The number of hydrogen-bond acceptors (Lipinski definition) is 2. The van der Waals surface area contributed by atoms with Crippen LogP contribution >= 0.6 is 0 Å². The highest BCUT2D eigenvalue weighted by Gasteiger charge is 2.34. The number of rotatable bonds is 3. The number of fused-ring (bicyclic) bond motifs is 1. The lowest BCUT2D eigenvalue weighted by Gasteiger charge is -2.33. The van der Waals surface area contributed by atoms with Crippen LogP contribution in [-0.2, 0) is 22.4 Å². The predicted octanol–water partition coefficient (Wildman–Crippen LogP) is 2.05. The van der Waals surface area contributed by atoms with Crippen LogP contribution in [0.5, 0.6) is 0 Å². The number of piperazine rings is 1. The maximum atomic E-state index is 12.6. The van der Waals surface area contributed by atoms with Gasteiger partial charge in [0.15, 0.2) is 0 Å². The summed E-state index contributed by atoms with van der Waals surface area (Å²) in [7, 11) is 0. The Morgan fingerprint density at radius 1 is 1.24 bits per heavy atom. The maximum Gasteiger partial charge on any atom is 0.250 e. The van der Waals surface area contributed by atoms with Crippen LogP contribution in [0.3, 0.4) is 0 Å². The molecule has 0 aromatic heterocycles. The highest BCUT2D eigenvalue weighted by Crippen LogP contribution is 2.28.